The standard InChI is InChI=1S/C13H15F2N3O3/c1-2-16-3-5-17(6-4-16)13(19)10-7-9(14)8-11(12(10)15)18(20)21/h7-8H,2-6H2,1H3. The number of hydrogen-bond donors (Lipinski definition) is 0. The fraction of sp³-hybridized carbons (Fsp3) is 0.462. The zero-order valence-electron chi connectivity index (χ0n) is 11.5. The molecule has 0 N–H and O–H groups in total. The van der Waals surface area contributed by atoms with E-state index in [0.29, 0.717) is 38.3 Å². The number of rotatable bonds is 3. The van der Waals surface area contributed by atoms with E-state index in [9.17, 15) is 23.7 Å². The van der Waals surface area contributed by atoms with E-state index in [4.69, 9.17) is 0 Å². The number of amides is 1. The molecule has 0 aromatic heterocycles. The van der Waals surface area contributed by atoms with Gasteiger partial charge in [0.05, 0.1) is 16.6 Å². The first-order valence-electron chi connectivity index (χ1n) is 6.59. The van der Waals surface area contributed by atoms with Gasteiger partial charge in [-0.1, -0.05) is 6.92 Å². The highest BCUT2D eigenvalue weighted by Gasteiger charge is 2.28. The number of halogens is 2. The number of nitrogens with zero attached hydrogens (tertiary/aromatic N) is 3. The first-order chi connectivity index (χ1) is 9.93. The summed E-state index contributed by atoms with van der Waals surface area (Å²) in [6.07, 6.45) is 0. The van der Waals surface area contributed by atoms with Crippen LogP contribution in [0.4, 0.5) is 14.5 Å². The Hall–Kier alpha value is -2.09. The Balaban J connectivity index is 2.26. The van der Waals surface area contributed by atoms with E-state index in [1.165, 1.54) is 4.90 Å². The van der Waals surface area contributed by atoms with Gasteiger partial charge in [-0.2, -0.15) is 4.39 Å². The number of carbonyl (C=O) groups is 1. The molecule has 1 saturated heterocycles. The largest absolute Gasteiger partial charge is 0.336 e. The molecular weight excluding hydrogens is 284 g/mol. The Bertz CT molecular complexity index is 572. The molecule has 1 aromatic rings. The summed E-state index contributed by atoms with van der Waals surface area (Å²) in [5, 5.41) is 10.7. The number of likely N-dealkylation sites (N-methyl/N-ethyl adjacent to an activating group) is 1. The maximum absolute atomic E-state index is 14.0. The fourth-order valence-electron chi connectivity index (χ4n) is 2.30. The minimum absolute atomic E-state index is 0.385. The van der Waals surface area contributed by atoms with E-state index in [1.807, 2.05) is 6.92 Å². The zero-order valence-corrected chi connectivity index (χ0v) is 11.5. The average Bonchev–Trinajstić information content (AvgIpc) is 2.48. The third-order valence-electron chi connectivity index (χ3n) is 3.55. The Morgan fingerprint density at radius 1 is 1.29 bits per heavy atom. The lowest BCUT2D eigenvalue weighted by atomic mass is 10.1. The lowest BCUT2D eigenvalue weighted by molar-refractivity contribution is -0.387. The summed E-state index contributed by atoms with van der Waals surface area (Å²) in [4.78, 5) is 25.4. The van der Waals surface area contributed by atoms with Crippen LogP contribution in [0.15, 0.2) is 12.1 Å². The molecule has 0 unspecified atom stereocenters. The van der Waals surface area contributed by atoms with Crippen molar-refractivity contribution in [3.63, 3.8) is 0 Å². The van der Waals surface area contributed by atoms with Crippen LogP contribution >= 0.6 is 0 Å². The summed E-state index contributed by atoms with van der Waals surface area (Å²) in [5.74, 6) is -3.01. The molecular formula is C13H15F2N3O3. The van der Waals surface area contributed by atoms with E-state index < -0.39 is 33.7 Å². The Morgan fingerprint density at radius 2 is 1.90 bits per heavy atom. The minimum Gasteiger partial charge on any atom is -0.336 e. The van der Waals surface area contributed by atoms with Crippen molar-refractivity contribution in [1.82, 2.24) is 9.80 Å². The topological polar surface area (TPSA) is 66.7 Å². The van der Waals surface area contributed by atoms with Crippen molar-refractivity contribution in [3.05, 3.63) is 39.4 Å². The summed E-state index contributed by atoms with van der Waals surface area (Å²) < 4.78 is 27.3. The van der Waals surface area contributed by atoms with Gasteiger partial charge in [-0.3, -0.25) is 14.9 Å². The van der Waals surface area contributed by atoms with Crippen LogP contribution < -0.4 is 0 Å². The lowest BCUT2D eigenvalue weighted by Crippen LogP contribution is -2.48. The maximum atomic E-state index is 14.0. The van der Waals surface area contributed by atoms with Crippen molar-refractivity contribution < 1.29 is 18.5 Å². The average molecular weight is 299 g/mol. The summed E-state index contributed by atoms with van der Waals surface area (Å²) in [5.41, 5.74) is -1.61. The molecule has 0 bridgehead atoms. The molecule has 6 nitrogen and oxygen atoms in total. The molecule has 0 spiro atoms. The van der Waals surface area contributed by atoms with Crippen molar-refractivity contribution in [3.8, 4) is 0 Å². The van der Waals surface area contributed by atoms with Gasteiger partial charge in [-0.15, -0.1) is 0 Å². The molecule has 1 aliphatic heterocycles. The normalized spacial score (nSPS) is 16.0. The maximum Gasteiger partial charge on any atom is 0.308 e. The highest BCUT2D eigenvalue weighted by molar-refractivity contribution is 5.95. The van der Waals surface area contributed by atoms with E-state index in [1.54, 1.807) is 0 Å². The monoisotopic (exact) mass is 299 g/mol. The second-order valence-electron chi connectivity index (χ2n) is 4.77. The first kappa shape index (κ1) is 15.3. The smallest absolute Gasteiger partial charge is 0.308 e. The molecule has 8 heteroatoms. The number of hydrogen-bond acceptors (Lipinski definition) is 4. The molecule has 0 aliphatic carbocycles. The molecule has 1 aliphatic rings. The second-order valence-corrected chi connectivity index (χ2v) is 4.77. The molecule has 1 heterocycles. The summed E-state index contributed by atoms with van der Waals surface area (Å²) in [6.45, 7) is 4.89. The number of carbonyl (C=O) groups excluding carboxylic acids is 1. The van der Waals surface area contributed by atoms with Gasteiger partial charge in [0, 0.05) is 26.2 Å². The van der Waals surface area contributed by atoms with Crippen LogP contribution in [0.5, 0.6) is 0 Å². The second kappa shape index (κ2) is 6.13. The van der Waals surface area contributed by atoms with Crippen LogP contribution in [0.2, 0.25) is 0 Å². The van der Waals surface area contributed by atoms with E-state index in [2.05, 4.69) is 4.90 Å². The van der Waals surface area contributed by atoms with Gasteiger partial charge in [0.25, 0.3) is 5.91 Å². The summed E-state index contributed by atoms with van der Waals surface area (Å²) in [7, 11) is 0. The van der Waals surface area contributed by atoms with Gasteiger partial charge in [0.2, 0.25) is 5.82 Å². The number of benzene rings is 1. The third kappa shape index (κ3) is 3.15. The highest BCUT2D eigenvalue weighted by atomic mass is 19.1. The van der Waals surface area contributed by atoms with Crippen LogP contribution in [0.25, 0.3) is 0 Å². The van der Waals surface area contributed by atoms with Crippen LogP contribution in [0.1, 0.15) is 17.3 Å². The van der Waals surface area contributed by atoms with E-state index >= 15 is 0 Å². The molecule has 1 amide bonds. The van der Waals surface area contributed by atoms with Crippen molar-refractivity contribution in [1.29, 1.82) is 0 Å². The molecule has 2 rings (SSSR count). The molecule has 1 aromatic carbocycles. The van der Waals surface area contributed by atoms with Crippen LogP contribution in [0.3, 0.4) is 0 Å². The van der Waals surface area contributed by atoms with E-state index in [-0.39, 0.29) is 0 Å². The molecule has 114 valence electrons. The molecule has 0 radical (unpaired) electrons. The Kier molecular flexibility index (Phi) is 4.46. The highest BCUT2D eigenvalue weighted by Crippen LogP contribution is 2.24. The Morgan fingerprint density at radius 3 is 2.43 bits per heavy atom. The van der Waals surface area contributed by atoms with Crippen molar-refractivity contribution in [2.45, 2.75) is 6.92 Å². The molecule has 1 fully saturated rings. The van der Waals surface area contributed by atoms with Crippen LogP contribution in [-0.2, 0) is 0 Å². The van der Waals surface area contributed by atoms with Crippen LogP contribution in [0, 0.1) is 21.7 Å². The van der Waals surface area contributed by atoms with Gasteiger partial charge in [-0.25, -0.2) is 4.39 Å². The predicted octanol–water partition coefficient (Wildman–Crippen LogP) is 1.65. The Labute approximate surface area is 120 Å². The van der Waals surface area contributed by atoms with Gasteiger partial charge in [-0.05, 0) is 12.6 Å². The molecule has 0 saturated carbocycles. The molecule has 21 heavy (non-hydrogen) atoms. The zero-order chi connectivity index (χ0) is 15.6. The number of nitro groups is 1. The third-order valence-corrected chi connectivity index (χ3v) is 3.55. The quantitative estimate of drug-likeness (QED) is 0.629. The van der Waals surface area contributed by atoms with E-state index in [0.717, 1.165) is 6.54 Å². The lowest BCUT2D eigenvalue weighted by Gasteiger charge is -2.34. The summed E-state index contributed by atoms with van der Waals surface area (Å²) >= 11 is 0. The van der Waals surface area contributed by atoms with Gasteiger partial charge in [0.1, 0.15) is 5.82 Å². The van der Waals surface area contributed by atoms with Crippen molar-refractivity contribution in [2.75, 3.05) is 32.7 Å². The first-order valence-corrected chi connectivity index (χ1v) is 6.59. The number of piperazine rings is 1. The SMILES string of the molecule is CCN1CCN(C(=O)c2cc(F)cc([N+](=O)[O-])c2F)CC1. The van der Waals surface area contributed by atoms with Crippen molar-refractivity contribution >= 4 is 11.6 Å². The van der Waals surface area contributed by atoms with Crippen molar-refractivity contribution in [2.24, 2.45) is 0 Å². The molecule has 0 atom stereocenters. The number of nitro benzene ring substituents is 1. The summed E-state index contributed by atoms with van der Waals surface area (Å²) in [6, 6.07) is 1.18. The predicted molar refractivity (Wildman–Crippen MR) is 71.0 cm³/mol. The van der Waals surface area contributed by atoms with Gasteiger partial charge < -0.3 is 9.80 Å². The minimum atomic E-state index is -1.29. The van der Waals surface area contributed by atoms with Gasteiger partial charge >= 0.3 is 5.69 Å². The van der Waals surface area contributed by atoms with Crippen LogP contribution in [-0.4, -0.2) is 53.4 Å². The van der Waals surface area contributed by atoms with Gasteiger partial charge in [0.15, 0.2) is 0 Å². The fourth-order valence-corrected chi connectivity index (χ4v) is 2.30.